The first kappa shape index (κ1) is 14.0. The van der Waals surface area contributed by atoms with E-state index in [1.807, 2.05) is 43.3 Å². The van der Waals surface area contributed by atoms with Crippen LogP contribution in [0.3, 0.4) is 0 Å². The topological polar surface area (TPSA) is 12.0 Å². The van der Waals surface area contributed by atoms with Gasteiger partial charge in [0, 0.05) is 10.6 Å². The second-order valence-electron chi connectivity index (χ2n) is 4.52. The molecule has 0 aliphatic carbocycles. The van der Waals surface area contributed by atoms with Crippen molar-refractivity contribution < 1.29 is 4.39 Å². The Labute approximate surface area is 118 Å². The minimum Gasteiger partial charge on any atom is -0.306 e. The van der Waals surface area contributed by atoms with Crippen LogP contribution >= 0.6 is 11.6 Å². The van der Waals surface area contributed by atoms with E-state index in [-0.39, 0.29) is 11.9 Å². The summed E-state index contributed by atoms with van der Waals surface area (Å²) in [5, 5.41) is 4.00. The fourth-order valence-corrected chi connectivity index (χ4v) is 2.29. The van der Waals surface area contributed by atoms with Gasteiger partial charge in [-0.3, -0.25) is 0 Å². The molecule has 0 bridgehead atoms. The molecule has 100 valence electrons. The standard InChI is InChI=1S/C16H17ClFN/c1-3-19-16(12-7-9-13(17)10-8-12)14-6-4-5-11(2)15(14)18/h4-10,16,19H,3H2,1-2H3. The molecule has 1 atom stereocenters. The molecule has 1 unspecified atom stereocenters. The quantitative estimate of drug-likeness (QED) is 0.868. The highest BCUT2D eigenvalue weighted by Gasteiger charge is 2.17. The minimum absolute atomic E-state index is 0.150. The van der Waals surface area contributed by atoms with Crippen LogP contribution in [0.2, 0.25) is 5.02 Å². The summed E-state index contributed by atoms with van der Waals surface area (Å²) < 4.78 is 14.3. The van der Waals surface area contributed by atoms with E-state index in [1.54, 1.807) is 13.0 Å². The van der Waals surface area contributed by atoms with Crippen molar-refractivity contribution in [2.75, 3.05) is 6.54 Å². The maximum atomic E-state index is 14.3. The van der Waals surface area contributed by atoms with Crippen LogP contribution in [0.4, 0.5) is 4.39 Å². The Kier molecular flexibility index (Phi) is 4.56. The Morgan fingerprint density at radius 3 is 2.47 bits per heavy atom. The second-order valence-corrected chi connectivity index (χ2v) is 4.96. The maximum absolute atomic E-state index is 14.3. The van der Waals surface area contributed by atoms with E-state index in [1.165, 1.54) is 0 Å². The molecule has 1 N–H and O–H groups in total. The predicted octanol–water partition coefficient (Wildman–Crippen LogP) is 4.49. The minimum atomic E-state index is -0.151. The highest BCUT2D eigenvalue weighted by Crippen LogP contribution is 2.26. The van der Waals surface area contributed by atoms with E-state index in [9.17, 15) is 4.39 Å². The Bertz CT molecular complexity index is 551. The Balaban J connectivity index is 2.45. The van der Waals surface area contributed by atoms with Crippen LogP contribution in [0, 0.1) is 12.7 Å². The number of hydrogen-bond acceptors (Lipinski definition) is 1. The van der Waals surface area contributed by atoms with Crippen LogP contribution in [0.25, 0.3) is 0 Å². The van der Waals surface area contributed by atoms with Crippen LogP contribution < -0.4 is 5.32 Å². The molecule has 0 fully saturated rings. The summed E-state index contributed by atoms with van der Waals surface area (Å²) in [4.78, 5) is 0. The van der Waals surface area contributed by atoms with E-state index in [4.69, 9.17) is 11.6 Å². The fraction of sp³-hybridized carbons (Fsp3) is 0.250. The molecule has 1 nitrogen and oxygen atoms in total. The Hall–Kier alpha value is -1.38. The number of aryl methyl sites for hydroxylation is 1. The Morgan fingerprint density at radius 2 is 1.84 bits per heavy atom. The lowest BCUT2D eigenvalue weighted by molar-refractivity contribution is 0.553. The average Bonchev–Trinajstić information content (AvgIpc) is 2.41. The van der Waals surface area contributed by atoms with Crippen LogP contribution in [0.1, 0.15) is 29.7 Å². The van der Waals surface area contributed by atoms with Gasteiger partial charge in [0.25, 0.3) is 0 Å². The number of hydrogen-bond donors (Lipinski definition) is 1. The molecule has 2 aromatic carbocycles. The van der Waals surface area contributed by atoms with Crippen molar-refractivity contribution in [3.05, 3.63) is 70.0 Å². The van der Waals surface area contributed by atoms with Gasteiger partial charge in [-0.05, 0) is 36.7 Å². The number of halogens is 2. The van der Waals surface area contributed by atoms with Crippen molar-refractivity contribution in [3.8, 4) is 0 Å². The zero-order chi connectivity index (χ0) is 13.8. The van der Waals surface area contributed by atoms with Gasteiger partial charge < -0.3 is 5.32 Å². The fourth-order valence-electron chi connectivity index (χ4n) is 2.16. The van der Waals surface area contributed by atoms with Crippen LogP contribution in [-0.2, 0) is 0 Å². The first-order valence-electron chi connectivity index (χ1n) is 6.37. The summed E-state index contributed by atoms with van der Waals surface area (Å²) in [7, 11) is 0. The molecule has 0 spiro atoms. The average molecular weight is 278 g/mol. The molecule has 2 rings (SSSR count). The summed E-state index contributed by atoms with van der Waals surface area (Å²) >= 11 is 5.90. The molecule has 0 saturated carbocycles. The van der Waals surface area contributed by atoms with Gasteiger partial charge in [0.1, 0.15) is 5.82 Å². The number of benzene rings is 2. The summed E-state index contributed by atoms with van der Waals surface area (Å²) in [6.45, 7) is 4.56. The highest BCUT2D eigenvalue weighted by molar-refractivity contribution is 6.30. The van der Waals surface area contributed by atoms with Crippen molar-refractivity contribution in [2.24, 2.45) is 0 Å². The summed E-state index contributed by atoms with van der Waals surface area (Å²) in [5.74, 6) is -0.150. The lowest BCUT2D eigenvalue weighted by atomic mass is 9.96. The molecule has 0 heterocycles. The van der Waals surface area contributed by atoms with E-state index < -0.39 is 0 Å². The molecular weight excluding hydrogens is 261 g/mol. The molecule has 19 heavy (non-hydrogen) atoms. The van der Waals surface area contributed by atoms with Gasteiger partial charge in [0.2, 0.25) is 0 Å². The van der Waals surface area contributed by atoms with Crippen molar-refractivity contribution >= 4 is 11.6 Å². The van der Waals surface area contributed by atoms with Gasteiger partial charge in [-0.1, -0.05) is 48.9 Å². The SMILES string of the molecule is CCNC(c1ccc(Cl)cc1)c1cccc(C)c1F. The van der Waals surface area contributed by atoms with Crippen molar-refractivity contribution in [3.63, 3.8) is 0 Å². The van der Waals surface area contributed by atoms with Gasteiger partial charge in [-0.25, -0.2) is 4.39 Å². The summed E-state index contributed by atoms with van der Waals surface area (Å²) in [6.07, 6.45) is 0. The van der Waals surface area contributed by atoms with Crippen molar-refractivity contribution in [1.82, 2.24) is 5.32 Å². The van der Waals surface area contributed by atoms with Crippen LogP contribution in [-0.4, -0.2) is 6.54 Å². The van der Waals surface area contributed by atoms with Crippen LogP contribution in [0.15, 0.2) is 42.5 Å². The number of nitrogens with one attached hydrogen (secondary N) is 1. The molecular formula is C16H17ClFN. The van der Waals surface area contributed by atoms with Crippen molar-refractivity contribution in [2.45, 2.75) is 19.9 Å². The lowest BCUT2D eigenvalue weighted by Gasteiger charge is -2.20. The van der Waals surface area contributed by atoms with Gasteiger partial charge in [-0.2, -0.15) is 0 Å². The van der Waals surface area contributed by atoms with Gasteiger partial charge in [-0.15, -0.1) is 0 Å². The molecule has 0 saturated heterocycles. The normalized spacial score (nSPS) is 12.4. The molecule has 3 heteroatoms. The first-order valence-corrected chi connectivity index (χ1v) is 6.75. The van der Waals surface area contributed by atoms with Crippen molar-refractivity contribution in [1.29, 1.82) is 0 Å². The third-order valence-electron chi connectivity index (χ3n) is 3.14. The maximum Gasteiger partial charge on any atom is 0.131 e. The lowest BCUT2D eigenvalue weighted by Crippen LogP contribution is -2.23. The molecule has 0 aliphatic heterocycles. The number of rotatable bonds is 4. The monoisotopic (exact) mass is 277 g/mol. The van der Waals surface area contributed by atoms with E-state index in [0.717, 1.165) is 12.1 Å². The molecule has 0 radical (unpaired) electrons. The molecule has 0 aliphatic rings. The van der Waals surface area contributed by atoms with E-state index >= 15 is 0 Å². The van der Waals surface area contributed by atoms with Gasteiger partial charge in [0.15, 0.2) is 0 Å². The molecule has 2 aromatic rings. The highest BCUT2D eigenvalue weighted by atomic mass is 35.5. The molecule has 0 aromatic heterocycles. The van der Waals surface area contributed by atoms with E-state index in [2.05, 4.69) is 5.32 Å². The van der Waals surface area contributed by atoms with Crippen LogP contribution in [0.5, 0.6) is 0 Å². The smallest absolute Gasteiger partial charge is 0.131 e. The first-order chi connectivity index (χ1) is 9.13. The zero-order valence-corrected chi connectivity index (χ0v) is 11.8. The molecule has 0 amide bonds. The zero-order valence-electron chi connectivity index (χ0n) is 11.1. The predicted molar refractivity (Wildman–Crippen MR) is 78.1 cm³/mol. The summed E-state index contributed by atoms with van der Waals surface area (Å²) in [5.41, 5.74) is 2.34. The Morgan fingerprint density at radius 1 is 1.16 bits per heavy atom. The second kappa shape index (κ2) is 6.18. The largest absolute Gasteiger partial charge is 0.306 e. The van der Waals surface area contributed by atoms with E-state index in [0.29, 0.717) is 16.1 Å². The third-order valence-corrected chi connectivity index (χ3v) is 3.40. The van der Waals surface area contributed by atoms with Gasteiger partial charge in [0.05, 0.1) is 6.04 Å². The van der Waals surface area contributed by atoms with Gasteiger partial charge >= 0.3 is 0 Å². The summed E-state index contributed by atoms with van der Waals surface area (Å²) in [6, 6.07) is 12.8. The third kappa shape index (κ3) is 3.14.